The Hall–Kier alpha value is -0.860. The Kier molecular flexibility index (Phi) is 5.00. The van der Waals surface area contributed by atoms with Gasteiger partial charge in [0.15, 0.2) is 0 Å². The summed E-state index contributed by atoms with van der Waals surface area (Å²) in [6.07, 6.45) is 2.56. The van der Waals surface area contributed by atoms with Gasteiger partial charge in [-0.3, -0.25) is 4.90 Å². The predicted octanol–water partition coefficient (Wildman–Crippen LogP) is 3.30. The Morgan fingerprint density at radius 2 is 1.89 bits per heavy atom. The molecule has 2 atom stereocenters. The summed E-state index contributed by atoms with van der Waals surface area (Å²) in [4.78, 5) is 2.68. The van der Waals surface area contributed by atoms with E-state index < -0.39 is 0 Å². The molecule has 1 saturated heterocycles. The highest BCUT2D eigenvalue weighted by molar-refractivity contribution is 5.31. The van der Waals surface area contributed by atoms with Gasteiger partial charge in [-0.05, 0) is 64.9 Å². The molecule has 0 aromatic heterocycles. The van der Waals surface area contributed by atoms with Crippen molar-refractivity contribution in [3.05, 3.63) is 34.9 Å². The van der Waals surface area contributed by atoms with E-state index in [-0.39, 0.29) is 0 Å². The predicted molar refractivity (Wildman–Crippen MR) is 82.6 cm³/mol. The van der Waals surface area contributed by atoms with Crippen molar-refractivity contribution in [2.45, 2.75) is 39.7 Å². The Labute approximate surface area is 118 Å². The molecule has 106 valence electrons. The zero-order valence-corrected chi connectivity index (χ0v) is 12.9. The minimum Gasteiger partial charge on any atom is -0.319 e. The van der Waals surface area contributed by atoms with E-state index in [1.54, 1.807) is 0 Å². The maximum absolute atomic E-state index is 3.37. The van der Waals surface area contributed by atoms with Gasteiger partial charge in [0.2, 0.25) is 0 Å². The molecule has 2 unspecified atom stereocenters. The molecule has 0 aliphatic carbocycles. The Morgan fingerprint density at radius 1 is 1.21 bits per heavy atom. The third-order valence-electron chi connectivity index (χ3n) is 4.19. The minimum absolute atomic E-state index is 0.603. The van der Waals surface area contributed by atoms with Crippen LogP contribution in [0.5, 0.6) is 0 Å². The van der Waals surface area contributed by atoms with E-state index in [0.29, 0.717) is 6.04 Å². The maximum Gasteiger partial charge on any atom is 0.0389 e. The number of hydrogen-bond donors (Lipinski definition) is 1. The van der Waals surface area contributed by atoms with Gasteiger partial charge in [-0.1, -0.05) is 36.2 Å². The smallest absolute Gasteiger partial charge is 0.0389 e. The maximum atomic E-state index is 3.37. The second kappa shape index (κ2) is 6.53. The van der Waals surface area contributed by atoms with Crippen molar-refractivity contribution in [3.63, 3.8) is 0 Å². The number of nitrogens with one attached hydrogen (secondary N) is 1. The molecule has 1 aliphatic heterocycles. The van der Waals surface area contributed by atoms with Gasteiger partial charge in [0.1, 0.15) is 0 Å². The fourth-order valence-electron chi connectivity index (χ4n) is 3.60. The second-order valence-corrected chi connectivity index (χ2v) is 6.01. The van der Waals surface area contributed by atoms with Gasteiger partial charge in [-0.2, -0.15) is 0 Å². The standard InChI is InChI=1S/C17H28N2/c1-5-7-19-8-6-15(12-18-4)17(19)16-10-13(2)9-14(3)11-16/h9-11,15,17-18H,5-8,12H2,1-4H3. The second-order valence-electron chi connectivity index (χ2n) is 6.01. The zero-order chi connectivity index (χ0) is 13.8. The first-order valence-corrected chi connectivity index (χ1v) is 7.62. The number of nitrogens with zero attached hydrogens (tertiary/aromatic N) is 1. The van der Waals surface area contributed by atoms with E-state index in [1.165, 1.54) is 42.6 Å². The molecule has 1 heterocycles. The Bertz CT molecular complexity index is 379. The van der Waals surface area contributed by atoms with Crippen LogP contribution in [0, 0.1) is 19.8 Å². The Balaban J connectivity index is 2.28. The Morgan fingerprint density at radius 3 is 2.47 bits per heavy atom. The normalized spacial score (nSPS) is 24.0. The lowest BCUT2D eigenvalue weighted by atomic mass is 9.91. The third-order valence-corrected chi connectivity index (χ3v) is 4.19. The van der Waals surface area contributed by atoms with Crippen LogP contribution in [0.25, 0.3) is 0 Å². The molecule has 2 nitrogen and oxygen atoms in total. The van der Waals surface area contributed by atoms with Crippen molar-refractivity contribution < 1.29 is 0 Å². The molecular formula is C17H28N2. The fraction of sp³-hybridized carbons (Fsp3) is 0.647. The molecule has 1 aromatic carbocycles. The largest absolute Gasteiger partial charge is 0.319 e. The van der Waals surface area contributed by atoms with Crippen LogP contribution in [0.4, 0.5) is 0 Å². The number of benzene rings is 1. The summed E-state index contributed by atoms with van der Waals surface area (Å²) in [5, 5.41) is 3.37. The molecule has 0 bridgehead atoms. The molecule has 1 aliphatic rings. The SMILES string of the molecule is CCCN1CCC(CNC)C1c1cc(C)cc(C)c1. The lowest BCUT2D eigenvalue weighted by Crippen LogP contribution is -2.29. The molecule has 2 rings (SSSR count). The first kappa shape index (κ1) is 14.5. The van der Waals surface area contributed by atoms with Crippen molar-refractivity contribution in [2.75, 3.05) is 26.7 Å². The highest BCUT2D eigenvalue weighted by atomic mass is 15.2. The molecule has 1 N–H and O–H groups in total. The first-order valence-electron chi connectivity index (χ1n) is 7.62. The van der Waals surface area contributed by atoms with Crippen LogP contribution >= 0.6 is 0 Å². The quantitative estimate of drug-likeness (QED) is 0.874. The fourth-order valence-corrected chi connectivity index (χ4v) is 3.60. The summed E-state index contributed by atoms with van der Waals surface area (Å²) in [6.45, 7) is 10.3. The van der Waals surface area contributed by atoms with Gasteiger partial charge < -0.3 is 5.32 Å². The van der Waals surface area contributed by atoms with E-state index in [4.69, 9.17) is 0 Å². The molecule has 0 spiro atoms. The monoisotopic (exact) mass is 260 g/mol. The molecule has 0 radical (unpaired) electrons. The van der Waals surface area contributed by atoms with E-state index in [1.807, 2.05) is 0 Å². The first-order chi connectivity index (χ1) is 9.15. The number of hydrogen-bond acceptors (Lipinski definition) is 2. The van der Waals surface area contributed by atoms with E-state index in [9.17, 15) is 0 Å². The minimum atomic E-state index is 0.603. The van der Waals surface area contributed by atoms with Crippen molar-refractivity contribution in [1.29, 1.82) is 0 Å². The van der Waals surface area contributed by atoms with Crippen LogP contribution in [-0.2, 0) is 0 Å². The summed E-state index contributed by atoms with van der Waals surface area (Å²) in [5.41, 5.74) is 4.30. The highest BCUT2D eigenvalue weighted by Gasteiger charge is 2.34. The van der Waals surface area contributed by atoms with Crippen LogP contribution in [0.1, 0.15) is 42.5 Å². The summed E-state index contributed by atoms with van der Waals surface area (Å²) >= 11 is 0. The molecular weight excluding hydrogens is 232 g/mol. The average Bonchev–Trinajstić information content (AvgIpc) is 2.72. The van der Waals surface area contributed by atoms with Crippen molar-refractivity contribution in [3.8, 4) is 0 Å². The van der Waals surface area contributed by atoms with Gasteiger partial charge >= 0.3 is 0 Å². The number of aryl methyl sites for hydroxylation is 2. The topological polar surface area (TPSA) is 15.3 Å². The van der Waals surface area contributed by atoms with Gasteiger partial charge in [-0.25, -0.2) is 0 Å². The van der Waals surface area contributed by atoms with Crippen LogP contribution in [0.15, 0.2) is 18.2 Å². The summed E-state index contributed by atoms with van der Waals surface area (Å²) < 4.78 is 0. The van der Waals surface area contributed by atoms with Crippen LogP contribution in [0.3, 0.4) is 0 Å². The van der Waals surface area contributed by atoms with E-state index >= 15 is 0 Å². The molecule has 1 aromatic rings. The molecule has 19 heavy (non-hydrogen) atoms. The molecule has 0 saturated carbocycles. The van der Waals surface area contributed by atoms with Gasteiger partial charge in [-0.15, -0.1) is 0 Å². The third kappa shape index (κ3) is 3.37. The van der Waals surface area contributed by atoms with Gasteiger partial charge in [0.25, 0.3) is 0 Å². The average molecular weight is 260 g/mol. The van der Waals surface area contributed by atoms with Crippen molar-refractivity contribution in [2.24, 2.45) is 5.92 Å². The lowest BCUT2D eigenvalue weighted by Gasteiger charge is -2.29. The lowest BCUT2D eigenvalue weighted by molar-refractivity contribution is 0.227. The van der Waals surface area contributed by atoms with Gasteiger partial charge in [0, 0.05) is 6.04 Å². The van der Waals surface area contributed by atoms with Crippen LogP contribution in [-0.4, -0.2) is 31.6 Å². The van der Waals surface area contributed by atoms with Crippen LogP contribution < -0.4 is 5.32 Å². The van der Waals surface area contributed by atoms with Crippen molar-refractivity contribution in [1.82, 2.24) is 10.2 Å². The summed E-state index contributed by atoms with van der Waals surface area (Å²) in [6, 6.07) is 7.64. The molecule has 2 heteroatoms. The van der Waals surface area contributed by atoms with E-state index in [0.717, 1.165) is 12.5 Å². The summed E-state index contributed by atoms with van der Waals surface area (Å²) in [7, 11) is 2.07. The summed E-state index contributed by atoms with van der Waals surface area (Å²) in [5.74, 6) is 0.748. The van der Waals surface area contributed by atoms with E-state index in [2.05, 4.69) is 56.2 Å². The van der Waals surface area contributed by atoms with Gasteiger partial charge in [0.05, 0.1) is 0 Å². The number of likely N-dealkylation sites (tertiary alicyclic amines) is 1. The molecule has 1 fully saturated rings. The molecule has 0 amide bonds. The van der Waals surface area contributed by atoms with Crippen LogP contribution in [0.2, 0.25) is 0 Å². The number of rotatable bonds is 5. The zero-order valence-electron chi connectivity index (χ0n) is 12.9. The van der Waals surface area contributed by atoms with Crippen molar-refractivity contribution >= 4 is 0 Å². The highest BCUT2D eigenvalue weighted by Crippen LogP contribution is 2.37.